The molecule has 1 atom stereocenters. The van der Waals surface area contributed by atoms with E-state index in [-0.39, 0.29) is 24.1 Å². The smallest absolute Gasteiger partial charge is 0.344 e. The number of esters is 1. The van der Waals surface area contributed by atoms with Crippen LogP contribution in [0.15, 0.2) is 28.8 Å². The van der Waals surface area contributed by atoms with Crippen LogP contribution in [0.2, 0.25) is 5.02 Å². The van der Waals surface area contributed by atoms with Crippen molar-refractivity contribution in [2.75, 3.05) is 13.2 Å². The molecule has 1 amide bonds. The van der Waals surface area contributed by atoms with E-state index in [1.165, 1.54) is 0 Å². The van der Waals surface area contributed by atoms with Crippen LogP contribution in [0.25, 0.3) is 11.3 Å². The first-order valence-corrected chi connectivity index (χ1v) is 9.58. The molecular formula is C20H23ClN2O4. The van der Waals surface area contributed by atoms with Crippen molar-refractivity contribution in [3.63, 3.8) is 0 Å². The number of halogens is 1. The van der Waals surface area contributed by atoms with Crippen LogP contribution in [0.3, 0.4) is 0 Å². The van der Waals surface area contributed by atoms with Crippen molar-refractivity contribution in [3.8, 4) is 11.3 Å². The molecular weight excluding hydrogens is 368 g/mol. The Hall–Kier alpha value is -2.34. The summed E-state index contributed by atoms with van der Waals surface area (Å²) in [6, 6.07) is 7.27. The van der Waals surface area contributed by atoms with E-state index in [4.69, 9.17) is 20.9 Å². The van der Waals surface area contributed by atoms with Gasteiger partial charge in [0.15, 0.2) is 6.61 Å². The van der Waals surface area contributed by atoms with Crippen LogP contribution in [0, 0.1) is 6.92 Å². The van der Waals surface area contributed by atoms with Crippen molar-refractivity contribution in [1.29, 1.82) is 0 Å². The molecule has 1 saturated heterocycles. The highest BCUT2D eigenvalue weighted by Crippen LogP contribution is 2.31. The van der Waals surface area contributed by atoms with Crippen molar-refractivity contribution in [2.45, 2.75) is 45.6 Å². The SMILES string of the molecule is CC[C@@H]1CCCCN1C(=O)COC(=O)c1c(-c2ccccc2Cl)noc1C. The fraction of sp³-hybridized carbons (Fsp3) is 0.450. The highest BCUT2D eigenvalue weighted by Gasteiger charge is 2.28. The van der Waals surface area contributed by atoms with Gasteiger partial charge < -0.3 is 14.2 Å². The van der Waals surface area contributed by atoms with Crippen LogP contribution in [0.5, 0.6) is 0 Å². The first-order valence-electron chi connectivity index (χ1n) is 9.20. The van der Waals surface area contributed by atoms with E-state index in [0.717, 1.165) is 25.7 Å². The van der Waals surface area contributed by atoms with Gasteiger partial charge in [0.05, 0.1) is 5.02 Å². The van der Waals surface area contributed by atoms with Gasteiger partial charge in [-0.3, -0.25) is 4.79 Å². The lowest BCUT2D eigenvalue weighted by molar-refractivity contribution is -0.138. The first-order chi connectivity index (χ1) is 13.0. The van der Waals surface area contributed by atoms with Crippen molar-refractivity contribution >= 4 is 23.5 Å². The van der Waals surface area contributed by atoms with Crippen LogP contribution < -0.4 is 0 Å². The molecule has 27 heavy (non-hydrogen) atoms. The van der Waals surface area contributed by atoms with Crippen LogP contribution in [0.1, 0.15) is 48.7 Å². The number of amides is 1. The quantitative estimate of drug-likeness (QED) is 0.713. The van der Waals surface area contributed by atoms with Gasteiger partial charge >= 0.3 is 5.97 Å². The molecule has 7 heteroatoms. The molecule has 1 aliphatic rings. The maximum absolute atomic E-state index is 12.6. The minimum Gasteiger partial charge on any atom is -0.452 e. The molecule has 0 bridgehead atoms. The number of aromatic nitrogens is 1. The predicted molar refractivity (Wildman–Crippen MR) is 102 cm³/mol. The van der Waals surface area contributed by atoms with E-state index in [0.29, 0.717) is 28.6 Å². The Bertz CT molecular complexity index is 833. The van der Waals surface area contributed by atoms with E-state index in [1.54, 1.807) is 31.2 Å². The topological polar surface area (TPSA) is 72.6 Å². The average Bonchev–Trinajstić information content (AvgIpc) is 3.07. The van der Waals surface area contributed by atoms with Gasteiger partial charge in [-0.25, -0.2) is 4.79 Å². The maximum atomic E-state index is 12.6. The third kappa shape index (κ3) is 4.16. The van der Waals surface area contributed by atoms with E-state index in [2.05, 4.69) is 12.1 Å². The highest BCUT2D eigenvalue weighted by molar-refractivity contribution is 6.33. The molecule has 0 saturated carbocycles. The average molecular weight is 391 g/mol. The number of benzene rings is 1. The van der Waals surface area contributed by atoms with Gasteiger partial charge in [0, 0.05) is 18.2 Å². The number of hydrogen-bond donors (Lipinski definition) is 0. The fourth-order valence-electron chi connectivity index (χ4n) is 3.49. The normalized spacial score (nSPS) is 17.0. The zero-order chi connectivity index (χ0) is 19.4. The summed E-state index contributed by atoms with van der Waals surface area (Å²) >= 11 is 6.21. The summed E-state index contributed by atoms with van der Waals surface area (Å²) in [5.74, 6) is -0.475. The second-order valence-corrected chi connectivity index (χ2v) is 7.07. The second kappa shape index (κ2) is 8.57. The largest absolute Gasteiger partial charge is 0.452 e. The molecule has 0 aliphatic carbocycles. The van der Waals surface area contributed by atoms with Crippen molar-refractivity contribution in [3.05, 3.63) is 40.6 Å². The summed E-state index contributed by atoms with van der Waals surface area (Å²) in [7, 11) is 0. The number of aryl methyl sites for hydroxylation is 1. The Kier molecular flexibility index (Phi) is 6.16. The summed E-state index contributed by atoms with van der Waals surface area (Å²) in [6.07, 6.45) is 4.01. The maximum Gasteiger partial charge on any atom is 0.344 e. The fourth-order valence-corrected chi connectivity index (χ4v) is 3.71. The summed E-state index contributed by atoms with van der Waals surface area (Å²) in [4.78, 5) is 27.0. The summed E-state index contributed by atoms with van der Waals surface area (Å²) in [6.45, 7) is 4.12. The van der Waals surface area contributed by atoms with E-state index in [9.17, 15) is 9.59 Å². The molecule has 6 nitrogen and oxygen atoms in total. The Balaban J connectivity index is 1.73. The third-order valence-corrected chi connectivity index (χ3v) is 5.27. The molecule has 0 N–H and O–H groups in total. The van der Waals surface area contributed by atoms with Crippen molar-refractivity contribution in [2.24, 2.45) is 0 Å². The molecule has 2 aromatic rings. The van der Waals surface area contributed by atoms with Gasteiger partial charge in [-0.05, 0) is 38.7 Å². The Morgan fingerprint density at radius 2 is 2.11 bits per heavy atom. The third-order valence-electron chi connectivity index (χ3n) is 4.94. The Morgan fingerprint density at radius 1 is 1.33 bits per heavy atom. The Labute approximate surface area is 163 Å². The molecule has 144 valence electrons. The monoisotopic (exact) mass is 390 g/mol. The first kappa shape index (κ1) is 19.4. The van der Waals surface area contributed by atoms with Crippen LogP contribution in [-0.4, -0.2) is 41.1 Å². The van der Waals surface area contributed by atoms with Crippen molar-refractivity contribution < 1.29 is 18.8 Å². The molecule has 1 aliphatic heterocycles. The van der Waals surface area contributed by atoms with Crippen LogP contribution in [0.4, 0.5) is 0 Å². The number of hydrogen-bond acceptors (Lipinski definition) is 5. The standard InChI is InChI=1S/C20H23ClN2O4/c1-3-14-8-6-7-11-23(14)17(24)12-26-20(25)18-13(2)27-22-19(18)15-9-4-5-10-16(15)21/h4-5,9-10,14H,3,6-8,11-12H2,1-2H3/t14-/m1/s1. The van der Waals surface area contributed by atoms with Gasteiger partial charge in [0.25, 0.3) is 5.91 Å². The highest BCUT2D eigenvalue weighted by atomic mass is 35.5. The minimum atomic E-state index is -0.637. The van der Waals surface area contributed by atoms with Gasteiger partial charge in [-0.15, -0.1) is 0 Å². The summed E-state index contributed by atoms with van der Waals surface area (Å²) in [5.41, 5.74) is 1.10. The zero-order valence-corrected chi connectivity index (χ0v) is 16.3. The lowest BCUT2D eigenvalue weighted by Crippen LogP contribution is -2.45. The molecule has 1 aromatic carbocycles. The molecule has 0 unspecified atom stereocenters. The van der Waals surface area contributed by atoms with Crippen LogP contribution in [-0.2, 0) is 9.53 Å². The zero-order valence-electron chi connectivity index (χ0n) is 15.5. The van der Waals surface area contributed by atoms with E-state index in [1.807, 2.05) is 4.90 Å². The minimum absolute atomic E-state index is 0.164. The number of ether oxygens (including phenoxy) is 1. The van der Waals surface area contributed by atoms with E-state index >= 15 is 0 Å². The Morgan fingerprint density at radius 3 is 2.85 bits per heavy atom. The summed E-state index contributed by atoms with van der Waals surface area (Å²) < 4.78 is 10.5. The van der Waals surface area contributed by atoms with Crippen molar-refractivity contribution in [1.82, 2.24) is 10.1 Å². The lowest BCUT2D eigenvalue weighted by atomic mass is 10.00. The molecule has 3 rings (SSSR count). The second-order valence-electron chi connectivity index (χ2n) is 6.66. The van der Waals surface area contributed by atoms with Gasteiger partial charge in [-0.1, -0.05) is 41.9 Å². The van der Waals surface area contributed by atoms with Gasteiger partial charge in [-0.2, -0.15) is 0 Å². The molecule has 0 radical (unpaired) electrons. The molecule has 0 spiro atoms. The van der Waals surface area contributed by atoms with Gasteiger partial charge in [0.1, 0.15) is 17.0 Å². The van der Waals surface area contributed by atoms with Crippen LogP contribution >= 0.6 is 11.6 Å². The number of rotatable bonds is 5. The number of carbonyl (C=O) groups is 2. The number of nitrogens with zero attached hydrogens (tertiary/aromatic N) is 2. The van der Waals surface area contributed by atoms with Gasteiger partial charge in [0.2, 0.25) is 0 Å². The summed E-state index contributed by atoms with van der Waals surface area (Å²) in [5, 5.41) is 4.41. The number of carbonyl (C=O) groups excluding carboxylic acids is 2. The van der Waals surface area contributed by atoms with E-state index < -0.39 is 5.97 Å². The predicted octanol–water partition coefficient (Wildman–Crippen LogP) is 4.25. The number of piperidine rings is 1. The molecule has 1 fully saturated rings. The molecule has 2 heterocycles. The number of likely N-dealkylation sites (tertiary alicyclic amines) is 1. The lowest BCUT2D eigenvalue weighted by Gasteiger charge is -2.35. The molecule has 1 aromatic heterocycles.